The lowest BCUT2D eigenvalue weighted by Crippen LogP contribution is -2.15. The van der Waals surface area contributed by atoms with Crippen molar-refractivity contribution in [1.82, 2.24) is 0 Å². The van der Waals surface area contributed by atoms with E-state index in [9.17, 15) is 18.0 Å². The lowest BCUT2D eigenvalue weighted by Gasteiger charge is -2.20. The van der Waals surface area contributed by atoms with Crippen molar-refractivity contribution in [3.63, 3.8) is 0 Å². The molecule has 1 unspecified atom stereocenters. The molecular weight excluding hydrogens is 416 g/mol. The zero-order valence-electron chi connectivity index (χ0n) is 17.7. The number of carbonyl (C=O) groups excluding carboxylic acids is 1. The van der Waals surface area contributed by atoms with Gasteiger partial charge in [0, 0.05) is 0 Å². The smallest absolute Gasteiger partial charge is 0.416 e. The molecule has 1 aliphatic rings. The minimum absolute atomic E-state index is 0.0733. The van der Waals surface area contributed by atoms with Gasteiger partial charge in [-0.05, 0) is 54.4 Å². The van der Waals surface area contributed by atoms with Crippen molar-refractivity contribution in [2.24, 2.45) is 0 Å². The number of amides is 1. The molecular formula is C24H22BF3N2O2. The number of carbonyl (C=O) groups is 1. The van der Waals surface area contributed by atoms with Gasteiger partial charge in [-0.1, -0.05) is 36.6 Å². The van der Waals surface area contributed by atoms with E-state index in [2.05, 4.69) is 17.5 Å². The number of ether oxygens (including phenoxy) is 1. The van der Waals surface area contributed by atoms with Crippen LogP contribution in [0.4, 0.5) is 24.5 Å². The van der Waals surface area contributed by atoms with Crippen LogP contribution in [-0.2, 0) is 11.0 Å². The second-order valence-corrected chi connectivity index (χ2v) is 7.84. The van der Waals surface area contributed by atoms with E-state index in [1.165, 1.54) is 13.0 Å². The number of nitrogens with one attached hydrogen (secondary N) is 2. The number of hydrogen-bond acceptors (Lipinski definition) is 3. The number of benzene rings is 3. The molecule has 1 atom stereocenters. The van der Waals surface area contributed by atoms with Crippen LogP contribution in [-0.4, -0.2) is 13.2 Å². The summed E-state index contributed by atoms with van der Waals surface area (Å²) < 4.78 is 45.8. The Hall–Kier alpha value is -3.42. The van der Waals surface area contributed by atoms with E-state index in [0.29, 0.717) is 17.2 Å². The van der Waals surface area contributed by atoms with Crippen LogP contribution in [0.25, 0.3) is 0 Å². The standard InChI is InChI=1S/C24H22BF3N2O2/c1-14-9-21-22(12-19(14)24(26,27)28)30-23(31)13-20(29-21)15-5-3-7-17(10-15)32-18-8-4-6-16(11-18)25-2/h3-12,20,25,29H,13H2,1-2H3,(H,30,31). The molecule has 0 bridgehead atoms. The summed E-state index contributed by atoms with van der Waals surface area (Å²) >= 11 is 0. The summed E-state index contributed by atoms with van der Waals surface area (Å²) in [5.41, 5.74) is 1.86. The molecule has 0 radical (unpaired) electrons. The first-order valence-electron chi connectivity index (χ1n) is 10.4. The lowest BCUT2D eigenvalue weighted by atomic mass is 9.73. The van der Waals surface area contributed by atoms with Crippen LogP contribution < -0.4 is 20.8 Å². The summed E-state index contributed by atoms with van der Waals surface area (Å²) in [6.07, 6.45) is -4.42. The number of rotatable bonds is 4. The van der Waals surface area contributed by atoms with Crippen molar-refractivity contribution in [2.45, 2.75) is 32.4 Å². The summed E-state index contributed by atoms with van der Waals surface area (Å²) in [6.45, 7) is 3.48. The van der Waals surface area contributed by atoms with Crippen LogP contribution in [0, 0.1) is 6.92 Å². The Labute approximate surface area is 185 Å². The molecule has 0 fully saturated rings. The van der Waals surface area contributed by atoms with Crippen LogP contribution >= 0.6 is 0 Å². The first-order valence-corrected chi connectivity index (χ1v) is 10.4. The molecule has 3 aromatic rings. The topological polar surface area (TPSA) is 50.4 Å². The summed E-state index contributed by atoms with van der Waals surface area (Å²) in [6, 6.07) is 17.2. The molecule has 1 heterocycles. The highest BCUT2D eigenvalue weighted by Crippen LogP contribution is 2.40. The normalized spacial score (nSPS) is 15.8. The van der Waals surface area contributed by atoms with Crippen molar-refractivity contribution in [3.8, 4) is 11.5 Å². The van der Waals surface area contributed by atoms with E-state index in [1.54, 1.807) is 0 Å². The molecule has 1 aliphatic heterocycles. The van der Waals surface area contributed by atoms with Crippen molar-refractivity contribution in [1.29, 1.82) is 0 Å². The van der Waals surface area contributed by atoms with Gasteiger partial charge in [-0.3, -0.25) is 4.79 Å². The molecule has 0 aromatic heterocycles. The van der Waals surface area contributed by atoms with E-state index in [-0.39, 0.29) is 23.6 Å². The highest BCUT2D eigenvalue weighted by Gasteiger charge is 2.34. The van der Waals surface area contributed by atoms with Gasteiger partial charge in [0.15, 0.2) is 7.28 Å². The van der Waals surface area contributed by atoms with Crippen LogP contribution in [0.2, 0.25) is 6.82 Å². The van der Waals surface area contributed by atoms with Crippen molar-refractivity contribution >= 4 is 30.0 Å². The lowest BCUT2D eigenvalue weighted by molar-refractivity contribution is -0.138. The largest absolute Gasteiger partial charge is 0.457 e. The predicted octanol–water partition coefficient (Wildman–Crippen LogP) is 5.41. The van der Waals surface area contributed by atoms with Crippen LogP contribution in [0.3, 0.4) is 0 Å². The molecule has 8 heteroatoms. The van der Waals surface area contributed by atoms with Gasteiger partial charge in [-0.15, -0.1) is 0 Å². The Kier molecular flexibility index (Phi) is 5.87. The number of aryl methyl sites for hydroxylation is 1. The third kappa shape index (κ3) is 4.74. The summed E-state index contributed by atoms with van der Waals surface area (Å²) in [4.78, 5) is 12.5. The summed E-state index contributed by atoms with van der Waals surface area (Å²) in [5, 5.41) is 5.83. The molecule has 0 saturated carbocycles. The second kappa shape index (κ2) is 8.61. The van der Waals surface area contributed by atoms with Crippen LogP contribution in [0.1, 0.15) is 29.2 Å². The molecule has 4 nitrogen and oxygen atoms in total. The van der Waals surface area contributed by atoms with Crippen molar-refractivity contribution < 1.29 is 22.7 Å². The average molecular weight is 438 g/mol. The Balaban J connectivity index is 1.62. The van der Waals surface area contributed by atoms with E-state index in [1.807, 2.05) is 48.5 Å². The minimum Gasteiger partial charge on any atom is -0.457 e. The Morgan fingerprint density at radius 2 is 1.72 bits per heavy atom. The maximum Gasteiger partial charge on any atom is 0.416 e. The van der Waals surface area contributed by atoms with E-state index >= 15 is 0 Å². The highest BCUT2D eigenvalue weighted by molar-refractivity contribution is 6.51. The minimum atomic E-state index is -4.49. The zero-order chi connectivity index (χ0) is 22.9. The first kappa shape index (κ1) is 21.8. The number of fused-ring (bicyclic) bond motifs is 1. The molecule has 0 aliphatic carbocycles. The monoisotopic (exact) mass is 438 g/mol. The number of hydrogen-bond donors (Lipinski definition) is 2. The summed E-state index contributed by atoms with van der Waals surface area (Å²) in [5.74, 6) is 0.972. The third-order valence-corrected chi connectivity index (χ3v) is 5.47. The van der Waals surface area contributed by atoms with E-state index < -0.39 is 17.8 Å². The molecule has 164 valence electrons. The van der Waals surface area contributed by atoms with E-state index in [4.69, 9.17) is 4.74 Å². The Morgan fingerprint density at radius 3 is 2.44 bits per heavy atom. The molecule has 2 N–H and O–H groups in total. The van der Waals surface area contributed by atoms with Gasteiger partial charge in [0.05, 0.1) is 29.4 Å². The molecule has 3 aromatic carbocycles. The van der Waals surface area contributed by atoms with Crippen molar-refractivity contribution in [2.75, 3.05) is 10.6 Å². The molecule has 1 amide bonds. The maximum atomic E-state index is 13.3. The Morgan fingerprint density at radius 1 is 1.00 bits per heavy atom. The predicted molar refractivity (Wildman–Crippen MR) is 121 cm³/mol. The quantitative estimate of drug-likeness (QED) is 0.536. The van der Waals surface area contributed by atoms with Gasteiger partial charge in [-0.2, -0.15) is 13.2 Å². The average Bonchev–Trinajstić information content (AvgIpc) is 2.90. The molecule has 4 rings (SSSR count). The third-order valence-electron chi connectivity index (χ3n) is 5.47. The maximum absolute atomic E-state index is 13.3. The van der Waals surface area contributed by atoms with Gasteiger partial charge in [0.1, 0.15) is 11.5 Å². The zero-order valence-corrected chi connectivity index (χ0v) is 17.7. The van der Waals surface area contributed by atoms with E-state index in [0.717, 1.165) is 24.4 Å². The highest BCUT2D eigenvalue weighted by atomic mass is 19.4. The molecule has 0 spiro atoms. The van der Waals surface area contributed by atoms with Gasteiger partial charge in [0.2, 0.25) is 5.91 Å². The van der Waals surface area contributed by atoms with Crippen molar-refractivity contribution in [3.05, 3.63) is 77.4 Å². The summed E-state index contributed by atoms with van der Waals surface area (Å²) in [7, 11) is 0.896. The Bertz CT molecular complexity index is 1160. The number of alkyl halides is 3. The van der Waals surface area contributed by atoms with Gasteiger partial charge >= 0.3 is 6.18 Å². The van der Waals surface area contributed by atoms with Gasteiger partial charge < -0.3 is 15.4 Å². The SMILES string of the molecule is CBc1cccc(Oc2cccc(C3CC(=O)Nc4cc(C(F)(F)F)c(C)cc4N3)c2)c1. The fourth-order valence-corrected chi connectivity index (χ4v) is 3.82. The second-order valence-electron chi connectivity index (χ2n) is 7.84. The fourth-order valence-electron chi connectivity index (χ4n) is 3.82. The first-order chi connectivity index (χ1) is 15.2. The molecule has 0 saturated heterocycles. The van der Waals surface area contributed by atoms with Gasteiger partial charge in [0.25, 0.3) is 0 Å². The number of halogens is 3. The van der Waals surface area contributed by atoms with Crippen LogP contribution in [0.5, 0.6) is 11.5 Å². The molecule has 32 heavy (non-hydrogen) atoms. The van der Waals surface area contributed by atoms with Crippen LogP contribution in [0.15, 0.2) is 60.7 Å². The fraction of sp³-hybridized carbons (Fsp3) is 0.208. The number of anilines is 2. The van der Waals surface area contributed by atoms with Gasteiger partial charge in [-0.25, -0.2) is 0 Å².